The van der Waals surface area contributed by atoms with E-state index < -0.39 is 0 Å². The molecule has 1 fully saturated rings. The van der Waals surface area contributed by atoms with Gasteiger partial charge in [0.25, 0.3) is 0 Å². The Morgan fingerprint density at radius 3 is 2.56 bits per heavy atom. The fourth-order valence-electron chi connectivity index (χ4n) is 3.15. The van der Waals surface area contributed by atoms with Gasteiger partial charge in [-0.15, -0.1) is 0 Å². The minimum Gasteiger partial charge on any atom is -0.497 e. The summed E-state index contributed by atoms with van der Waals surface area (Å²) < 4.78 is 10.8. The molecule has 1 aromatic carbocycles. The monoisotopic (exact) mass is 376 g/mol. The van der Waals surface area contributed by atoms with E-state index in [0.717, 1.165) is 29.9 Å². The van der Waals surface area contributed by atoms with E-state index in [2.05, 4.69) is 15.6 Å². The van der Waals surface area contributed by atoms with Crippen LogP contribution in [0.15, 0.2) is 23.2 Å². The highest BCUT2D eigenvalue weighted by molar-refractivity contribution is 5.85. The molecule has 7 heteroatoms. The van der Waals surface area contributed by atoms with Gasteiger partial charge in [0, 0.05) is 25.7 Å². The predicted molar refractivity (Wildman–Crippen MR) is 107 cm³/mol. The van der Waals surface area contributed by atoms with E-state index >= 15 is 0 Å². The minimum absolute atomic E-state index is 0.0332. The van der Waals surface area contributed by atoms with E-state index in [9.17, 15) is 4.79 Å². The number of carbonyl (C=O) groups excluding carboxylic acids is 1. The quantitative estimate of drug-likeness (QED) is 0.564. The van der Waals surface area contributed by atoms with Crippen molar-refractivity contribution in [3.63, 3.8) is 0 Å². The molecule has 0 radical (unpaired) electrons. The number of carbonyl (C=O) groups is 1. The largest absolute Gasteiger partial charge is 0.497 e. The summed E-state index contributed by atoms with van der Waals surface area (Å²) >= 11 is 0. The Morgan fingerprint density at radius 1 is 1.26 bits per heavy atom. The Bertz CT molecular complexity index is 655. The van der Waals surface area contributed by atoms with E-state index in [4.69, 9.17) is 9.47 Å². The van der Waals surface area contributed by atoms with Crippen molar-refractivity contribution in [1.82, 2.24) is 15.5 Å². The number of nitrogens with zero attached hydrogens (tertiary/aromatic N) is 2. The van der Waals surface area contributed by atoms with Crippen LogP contribution in [0.5, 0.6) is 11.5 Å². The molecule has 1 saturated carbocycles. The van der Waals surface area contributed by atoms with Gasteiger partial charge >= 0.3 is 0 Å². The minimum atomic E-state index is -0.0721. The Kier molecular flexibility index (Phi) is 7.76. The summed E-state index contributed by atoms with van der Waals surface area (Å²) in [5, 5.41) is 6.89. The van der Waals surface area contributed by atoms with Crippen molar-refractivity contribution in [2.45, 2.75) is 44.7 Å². The smallest absolute Gasteiger partial charge is 0.243 e. The Morgan fingerprint density at radius 2 is 1.96 bits per heavy atom. The number of aliphatic imine (C=N–C) groups is 1. The van der Waals surface area contributed by atoms with Crippen molar-refractivity contribution in [3.05, 3.63) is 23.8 Å². The molecule has 0 saturated heterocycles. The van der Waals surface area contributed by atoms with Crippen LogP contribution in [0.3, 0.4) is 0 Å². The molecule has 0 aromatic heterocycles. The summed E-state index contributed by atoms with van der Waals surface area (Å²) in [5.41, 5.74) is 0.969. The van der Waals surface area contributed by atoms with Gasteiger partial charge in [-0.25, -0.2) is 4.99 Å². The van der Waals surface area contributed by atoms with Crippen LogP contribution < -0.4 is 20.1 Å². The highest BCUT2D eigenvalue weighted by Crippen LogP contribution is 2.29. The maximum Gasteiger partial charge on any atom is 0.243 e. The highest BCUT2D eigenvalue weighted by atomic mass is 16.5. The van der Waals surface area contributed by atoms with Crippen molar-refractivity contribution in [1.29, 1.82) is 0 Å². The summed E-state index contributed by atoms with van der Waals surface area (Å²) in [4.78, 5) is 18.0. The summed E-state index contributed by atoms with van der Waals surface area (Å²) in [5.74, 6) is 2.16. The first-order valence-electron chi connectivity index (χ1n) is 9.44. The van der Waals surface area contributed by atoms with Gasteiger partial charge in [0.15, 0.2) is 5.96 Å². The molecule has 1 amide bonds. The van der Waals surface area contributed by atoms with Crippen LogP contribution in [0, 0.1) is 0 Å². The molecule has 1 aliphatic rings. The van der Waals surface area contributed by atoms with Gasteiger partial charge in [0.1, 0.15) is 18.0 Å². The third-order valence-electron chi connectivity index (χ3n) is 4.82. The fourth-order valence-corrected chi connectivity index (χ4v) is 3.15. The lowest BCUT2D eigenvalue weighted by Gasteiger charge is -2.23. The molecule has 1 unspecified atom stereocenters. The second-order valence-electron chi connectivity index (χ2n) is 7.05. The highest BCUT2D eigenvalue weighted by Gasteiger charge is 2.19. The maximum atomic E-state index is 12.0. The molecule has 27 heavy (non-hydrogen) atoms. The first-order chi connectivity index (χ1) is 12.9. The van der Waals surface area contributed by atoms with Crippen LogP contribution in [0.25, 0.3) is 0 Å². The van der Waals surface area contributed by atoms with E-state index in [-0.39, 0.29) is 18.5 Å². The second-order valence-corrected chi connectivity index (χ2v) is 7.05. The summed E-state index contributed by atoms with van der Waals surface area (Å²) in [6.07, 6.45) is 4.69. The Balaban J connectivity index is 2.17. The molecule has 0 spiro atoms. The van der Waals surface area contributed by atoms with E-state index in [1.165, 1.54) is 12.8 Å². The van der Waals surface area contributed by atoms with Gasteiger partial charge in [-0.2, -0.15) is 0 Å². The average Bonchev–Trinajstić information content (AvgIpc) is 3.18. The molecule has 2 N–H and O–H groups in total. The van der Waals surface area contributed by atoms with Gasteiger partial charge in [-0.05, 0) is 38.0 Å². The van der Waals surface area contributed by atoms with E-state index in [1.54, 1.807) is 33.2 Å². The maximum absolute atomic E-state index is 12.0. The van der Waals surface area contributed by atoms with Crippen LogP contribution in [-0.4, -0.2) is 57.7 Å². The average molecular weight is 377 g/mol. The molecule has 0 bridgehead atoms. The number of benzene rings is 1. The normalized spacial score (nSPS) is 16.0. The van der Waals surface area contributed by atoms with Crippen LogP contribution in [0.2, 0.25) is 0 Å². The summed E-state index contributed by atoms with van der Waals surface area (Å²) in [6.45, 7) is 2.15. The van der Waals surface area contributed by atoms with Crippen LogP contribution in [0.4, 0.5) is 0 Å². The molecule has 1 atom stereocenters. The lowest BCUT2D eigenvalue weighted by molar-refractivity contribution is -0.127. The zero-order valence-electron chi connectivity index (χ0n) is 17.0. The molecule has 0 aliphatic heterocycles. The molecule has 1 aromatic rings. The first-order valence-corrected chi connectivity index (χ1v) is 9.44. The van der Waals surface area contributed by atoms with Crippen molar-refractivity contribution >= 4 is 11.9 Å². The van der Waals surface area contributed by atoms with Crippen molar-refractivity contribution in [2.24, 2.45) is 4.99 Å². The van der Waals surface area contributed by atoms with Crippen LogP contribution in [0.1, 0.15) is 44.2 Å². The molecule has 7 nitrogen and oxygen atoms in total. The number of methoxy groups -OCH3 is 2. The lowest BCUT2D eigenvalue weighted by Crippen LogP contribution is -2.44. The van der Waals surface area contributed by atoms with E-state index in [1.807, 2.05) is 25.1 Å². The van der Waals surface area contributed by atoms with Crippen LogP contribution >= 0.6 is 0 Å². The SMILES string of the molecule is COc1ccc(OC)c(C(C)NC(=NCC(=O)N(C)C)NC2CCCC2)c1. The van der Waals surface area contributed by atoms with Gasteiger partial charge in [-0.3, -0.25) is 4.79 Å². The Hall–Kier alpha value is -2.44. The number of nitrogens with one attached hydrogen (secondary N) is 2. The molecule has 1 aliphatic carbocycles. The molecule has 0 heterocycles. The van der Waals surface area contributed by atoms with Gasteiger partial charge in [0.2, 0.25) is 5.91 Å². The zero-order valence-corrected chi connectivity index (χ0v) is 17.0. The standard InChI is InChI=1S/C20H32N4O3/c1-14(17-12-16(26-4)10-11-18(17)27-5)22-20(21-13-19(25)24(2)3)23-15-8-6-7-9-15/h10-12,14-15H,6-9,13H2,1-5H3,(H2,21,22,23). The predicted octanol–water partition coefficient (Wildman–Crippen LogP) is 2.33. The van der Waals surface area contributed by atoms with Crippen molar-refractivity contribution in [3.8, 4) is 11.5 Å². The van der Waals surface area contributed by atoms with E-state index in [0.29, 0.717) is 12.0 Å². The number of amides is 1. The number of likely N-dealkylation sites (N-methyl/N-ethyl adjacent to an activating group) is 1. The number of guanidine groups is 1. The molecular weight excluding hydrogens is 344 g/mol. The second kappa shape index (κ2) is 10.0. The Labute approximate surface area is 162 Å². The number of ether oxygens (including phenoxy) is 2. The van der Waals surface area contributed by atoms with Gasteiger partial charge in [-0.1, -0.05) is 12.8 Å². The summed E-state index contributed by atoms with van der Waals surface area (Å²) in [7, 11) is 6.77. The topological polar surface area (TPSA) is 75.2 Å². The zero-order chi connectivity index (χ0) is 19.8. The first kappa shape index (κ1) is 20.9. The third kappa shape index (κ3) is 6.05. The molecule has 2 rings (SSSR count). The van der Waals surface area contributed by atoms with Crippen molar-refractivity contribution < 1.29 is 14.3 Å². The van der Waals surface area contributed by atoms with Crippen molar-refractivity contribution in [2.75, 3.05) is 34.9 Å². The van der Waals surface area contributed by atoms with Gasteiger partial charge in [0.05, 0.1) is 20.3 Å². The molecule has 150 valence electrons. The third-order valence-corrected chi connectivity index (χ3v) is 4.82. The number of rotatable bonds is 7. The fraction of sp³-hybridized carbons (Fsp3) is 0.600. The van der Waals surface area contributed by atoms with Gasteiger partial charge < -0.3 is 25.0 Å². The molecular formula is C20H32N4O3. The number of hydrogen-bond donors (Lipinski definition) is 2. The summed E-state index contributed by atoms with van der Waals surface area (Å²) in [6, 6.07) is 6.04. The number of hydrogen-bond acceptors (Lipinski definition) is 4. The lowest BCUT2D eigenvalue weighted by atomic mass is 10.1. The van der Waals surface area contributed by atoms with Crippen LogP contribution in [-0.2, 0) is 4.79 Å².